The topological polar surface area (TPSA) is 15.3 Å². The number of hydrogen-bond donors (Lipinski definition) is 1. The average Bonchev–Trinajstić information content (AvgIpc) is 2.53. The number of nitrogens with zero attached hydrogens (tertiary/aromatic N) is 1. The van der Waals surface area contributed by atoms with Gasteiger partial charge in [-0.2, -0.15) is 0 Å². The maximum absolute atomic E-state index is 3.62. The van der Waals surface area contributed by atoms with Crippen molar-refractivity contribution in [2.45, 2.75) is 18.9 Å². The highest BCUT2D eigenvalue weighted by molar-refractivity contribution is 5.32. The molecule has 0 heterocycles. The molecule has 1 N–H and O–H groups in total. The van der Waals surface area contributed by atoms with E-state index in [0.717, 1.165) is 13.1 Å². The van der Waals surface area contributed by atoms with Crippen molar-refractivity contribution in [2.75, 3.05) is 27.2 Å². The summed E-state index contributed by atoms with van der Waals surface area (Å²) in [4.78, 5) is 2.24. The lowest BCUT2D eigenvalue weighted by atomic mass is 9.91. The maximum Gasteiger partial charge on any atom is 0.0214 e. The summed E-state index contributed by atoms with van der Waals surface area (Å²) >= 11 is 0. The molecule has 112 valence electrons. The molecule has 0 aromatic heterocycles. The Morgan fingerprint density at radius 1 is 0.810 bits per heavy atom. The van der Waals surface area contributed by atoms with Crippen LogP contribution in [0.15, 0.2) is 60.7 Å². The summed E-state index contributed by atoms with van der Waals surface area (Å²) in [5.41, 5.74) is 2.74. The molecular weight excluding hydrogens is 256 g/mol. The first-order chi connectivity index (χ1) is 10.2. The molecular formula is C19H26N2. The minimum atomic E-state index is 0.404. The van der Waals surface area contributed by atoms with Crippen LogP contribution in [-0.2, 0) is 0 Å². The lowest BCUT2D eigenvalue weighted by molar-refractivity contribution is 0.302. The van der Waals surface area contributed by atoms with Crippen molar-refractivity contribution in [1.29, 1.82) is 0 Å². The molecule has 0 spiro atoms. The highest BCUT2D eigenvalue weighted by Gasteiger charge is 2.14. The SMILES string of the molecule is CC(CNCC(c1ccccc1)c1ccccc1)N(C)C. The van der Waals surface area contributed by atoms with Gasteiger partial charge in [-0.1, -0.05) is 60.7 Å². The third-order valence-corrected chi connectivity index (χ3v) is 4.07. The zero-order valence-electron chi connectivity index (χ0n) is 13.3. The van der Waals surface area contributed by atoms with E-state index in [1.807, 2.05) is 0 Å². The molecule has 1 unspecified atom stereocenters. The second kappa shape index (κ2) is 7.96. The van der Waals surface area contributed by atoms with Crippen molar-refractivity contribution in [3.8, 4) is 0 Å². The first-order valence-electron chi connectivity index (χ1n) is 7.65. The van der Waals surface area contributed by atoms with Crippen LogP contribution in [0, 0.1) is 0 Å². The van der Waals surface area contributed by atoms with E-state index in [1.54, 1.807) is 0 Å². The molecule has 0 saturated carbocycles. The van der Waals surface area contributed by atoms with Crippen molar-refractivity contribution in [3.05, 3.63) is 71.8 Å². The molecule has 0 bridgehead atoms. The molecule has 2 heteroatoms. The molecule has 0 aliphatic carbocycles. The number of benzene rings is 2. The van der Waals surface area contributed by atoms with E-state index < -0.39 is 0 Å². The average molecular weight is 282 g/mol. The highest BCUT2D eigenvalue weighted by Crippen LogP contribution is 2.23. The van der Waals surface area contributed by atoms with E-state index in [2.05, 4.69) is 91.9 Å². The van der Waals surface area contributed by atoms with E-state index in [1.165, 1.54) is 11.1 Å². The fourth-order valence-corrected chi connectivity index (χ4v) is 2.42. The third kappa shape index (κ3) is 4.69. The smallest absolute Gasteiger partial charge is 0.0214 e. The molecule has 2 aromatic rings. The monoisotopic (exact) mass is 282 g/mol. The molecule has 0 saturated heterocycles. The van der Waals surface area contributed by atoms with Gasteiger partial charge in [0.2, 0.25) is 0 Å². The van der Waals surface area contributed by atoms with Gasteiger partial charge in [-0.3, -0.25) is 0 Å². The minimum Gasteiger partial charge on any atom is -0.314 e. The van der Waals surface area contributed by atoms with E-state index in [4.69, 9.17) is 0 Å². The molecule has 0 radical (unpaired) electrons. The van der Waals surface area contributed by atoms with Gasteiger partial charge in [0.05, 0.1) is 0 Å². The highest BCUT2D eigenvalue weighted by atomic mass is 15.1. The predicted octanol–water partition coefficient (Wildman–Crippen LogP) is 3.36. The Morgan fingerprint density at radius 2 is 1.29 bits per heavy atom. The fourth-order valence-electron chi connectivity index (χ4n) is 2.42. The molecule has 0 aliphatic rings. The van der Waals surface area contributed by atoms with Crippen LogP contribution in [-0.4, -0.2) is 38.1 Å². The maximum atomic E-state index is 3.62. The van der Waals surface area contributed by atoms with Crippen LogP contribution >= 0.6 is 0 Å². The van der Waals surface area contributed by atoms with Crippen molar-refractivity contribution < 1.29 is 0 Å². The van der Waals surface area contributed by atoms with Crippen LogP contribution in [0.3, 0.4) is 0 Å². The molecule has 0 amide bonds. The Bertz CT molecular complexity index is 468. The van der Waals surface area contributed by atoms with Crippen molar-refractivity contribution >= 4 is 0 Å². The summed E-state index contributed by atoms with van der Waals surface area (Å²) in [5, 5.41) is 3.62. The van der Waals surface area contributed by atoms with Gasteiger partial charge >= 0.3 is 0 Å². The molecule has 0 fully saturated rings. The van der Waals surface area contributed by atoms with E-state index in [0.29, 0.717) is 12.0 Å². The van der Waals surface area contributed by atoms with Crippen molar-refractivity contribution in [2.24, 2.45) is 0 Å². The Kier molecular flexibility index (Phi) is 5.97. The third-order valence-electron chi connectivity index (χ3n) is 4.07. The summed E-state index contributed by atoms with van der Waals surface area (Å²) in [6.07, 6.45) is 0. The van der Waals surface area contributed by atoms with Gasteiger partial charge in [0.1, 0.15) is 0 Å². The van der Waals surface area contributed by atoms with E-state index in [9.17, 15) is 0 Å². The molecule has 21 heavy (non-hydrogen) atoms. The zero-order valence-corrected chi connectivity index (χ0v) is 13.3. The molecule has 2 aromatic carbocycles. The van der Waals surface area contributed by atoms with Gasteiger partial charge in [-0.05, 0) is 32.1 Å². The van der Waals surface area contributed by atoms with E-state index >= 15 is 0 Å². The van der Waals surface area contributed by atoms with Crippen LogP contribution in [0.2, 0.25) is 0 Å². The largest absolute Gasteiger partial charge is 0.314 e. The summed E-state index contributed by atoms with van der Waals surface area (Å²) in [6, 6.07) is 22.0. The van der Waals surface area contributed by atoms with E-state index in [-0.39, 0.29) is 0 Å². The summed E-state index contributed by atoms with van der Waals surface area (Å²) in [7, 11) is 4.25. The van der Waals surface area contributed by atoms with Gasteiger partial charge in [0.15, 0.2) is 0 Å². The predicted molar refractivity (Wildman–Crippen MR) is 90.7 cm³/mol. The van der Waals surface area contributed by atoms with Crippen LogP contribution in [0.25, 0.3) is 0 Å². The Labute approximate surface area is 128 Å². The second-order valence-corrected chi connectivity index (χ2v) is 5.84. The lowest BCUT2D eigenvalue weighted by Gasteiger charge is -2.23. The van der Waals surface area contributed by atoms with Gasteiger partial charge in [-0.25, -0.2) is 0 Å². The van der Waals surface area contributed by atoms with Crippen LogP contribution in [0.4, 0.5) is 0 Å². The fraction of sp³-hybridized carbons (Fsp3) is 0.368. The molecule has 1 atom stereocenters. The Hall–Kier alpha value is -1.64. The minimum absolute atomic E-state index is 0.404. The van der Waals surface area contributed by atoms with Gasteiger partial charge in [-0.15, -0.1) is 0 Å². The normalized spacial score (nSPS) is 12.8. The summed E-state index contributed by atoms with van der Waals surface area (Å²) < 4.78 is 0. The number of likely N-dealkylation sites (N-methyl/N-ethyl adjacent to an activating group) is 1. The first-order valence-corrected chi connectivity index (χ1v) is 7.65. The summed E-state index contributed by atoms with van der Waals surface area (Å²) in [5.74, 6) is 0.404. The van der Waals surface area contributed by atoms with Crippen LogP contribution in [0.1, 0.15) is 24.0 Å². The standard InChI is InChI=1S/C19H26N2/c1-16(21(2)3)14-20-15-19(17-10-6-4-7-11-17)18-12-8-5-9-13-18/h4-13,16,19-20H,14-15H2,1-3H3. The zero-order chi connectivity index (χ0) is 15.1. The summed E-state index contributed by atoms with van der Waals surface area (Å²) in [6.45, 7) is 4.21. The first kappa shape index (κ1) is 15.7. The number of hydrogen-bond acceptors (Lipinski definition) is 2. The second-order valence-electron chi connectivity index (χ2n) is 5.84. The van der Waals surface area contributed by atoms with Gasteiger partial charge in [0.25, 0.3) is 0 Å². The number of rotatable bonds is 7. The molecule has 2 nitrogen and oxygen atoms in total. The van der Waals surface area contributed by atoms with Gasteiger partial charge < -0.3 is 10.2 Å². The quantitative estimate of drug-likeness (QED) is 0.837. The van der Waals surface area contributed by atoms with Gasteiger partial charge in [0, 0.05) is 25.0 Å². The van der Waals surface area contributed by atoms with Crippen molar-refractivity contribution in [1.82, 2.24) is 10.2 Å². The molecule has 2 rings (SSSR count). The van der Waals surface area contributed by atoms with Crippen LogP contribution < -0.4 is 5.32 Å². The Balaban J connectivity index is 2.07. The van der Waals surface area contributed by atoms with Crippen LogP contribution in [0.5, 0.6) is 0 Å². The Morgan fingerprint density at radius 3 is 1.71 bits per heavy atom. The lowest BCUT2D eigenvalue weighted by Crippen LogP contribution is -2.37. The van der Waals surface area contributed by atoms with Crippen molar-refractivity contribution in [3.63, 3.8) is 0 Å². The molecule has 0 aliphatic heterocycles. The number of nitrogens with one attached hydrogen (secondary N) is 1.